The lowest BCUT2D eigenvalue weighted by molar-refractivity contribution is -0.119. The third kappa shape index (κ3) is 3.88. The highest BCUT2D eigenvalue weighted by molar-refractivity contribution is 9.10. The van der Waals surface area contributed by atoms with Crippen LogP contribution in [-0.2, 0) is 4.79 Å². The summed E-state index contributed by atoms with van der Waals surface area (Å²) in [7, 11) is 0. The van der Waals surface area contributed by atoms with E-state index in [-0.39, 0.29) is 5.91 Å². The van der Waals surface area contributed by atoms with Crippen LogP contribution in [0.25, 0.3) is 0 Å². The van der Waals surface area contributed by atoms with E-state index < -0.39 is 0 Å². The summed E-state index contributed by atoms with van der Waals surface area (Å²) in [4.78, 5) is 34.9. The van der Waals surface area contributed by atoms with Crippen molar-refractivity contribution in [3.05, 3.63) is 46.7 Å². The van der Waals surface area contributed by atoms with Crippen molar-refractivity contribution >= 4 is 39.9 Å². The van der Waals surface area contributed by atoms with Gasteiger partial charge in [-0.05, 0) is 24.3 Å². The number of rotatable bonds is 4. The van der Waals surface area contributed by atoms with Crippen molar-refractivity contribution in [2.45, 2.75) is 0 Å². The van der Waals surface area contributed by atoms with Gasteiger partial charge in [0, 0.05) is 48.7 Å². The Morgan fingerprint density at radius 3 is 2.29 bits per heavy atom. The van der Waals surface area contributed by atoms with Gasteiger partial charge in [-0.25, -0.2) is 9.97 Å². The van der Waals surface area contributed by atoms with E-state index in [1.165, 1.54) is 12.4 Å². The van der Waals surface area contributed by atoms with Gasteiger partial charge in [0.05, 0.1) is 5.56 Å². The number of carbonyl (C=O) groups is 2. The van der Waals surface area contributed by atoms with Gasteiger partial charge in [0.15, 0.2) is 0 Å². The minimum absolute atomic E-state index is 0.115. The van der Waals surface area contributed by atoms with Crippen LogP contribution in [0, 0.1) is 0 Å². The van der Waals surface area contributed by atoms with Crippen molar-refractivity contribution in [2.75, 3.05) is 31.5 Å². The predicted octanol–water partition coefficient (Wildman–Crippen LogP) is 1.90. The maximum Gasteiger partial charge on any atom is 0.257 e. The number of nitrogens with one attached hydrogen (secondary N) is 1. The third-order valence-corrected chi connectivity index (χ3v) is 4.28. The van der Waals surface area contributed by atoms with E-state index in [0.29, 0.717) is 37.7 Å². The quantitative estimate of drug-likeness (QED) is 0.807. The highest BCUT2D eigenvalue weighted by Crippen LogP contribution is 2.17. The number of amides is 2. The number of carbonyl (C=O) groups excluding carboxylic acids is 2. The smallest absolute Gasteiger partial charge is 0.257 e. The summed E-state index contributed by atoms with van der Waals surface area (Å²) in [6, 6.07) is 7.64. The van der Waals surface area contributed by atoms with Gasteiger partial charge in [-0.15, -0.1) is 0 Å². The fraction of sp³-hybridized carbons (Fsp3) is 0.250. The van der Waals surface area contributed by atoms with Crippen molar-refractivity contribution in [1.82, 2.24) is 19.8 Å². The molecule has 1 aromatic carbocycles. The Labute approximate surface area is 147 Å². The number of anilines is 2. The number of nitrogens with zero attached hydrogens (tertiary/aromatic N) is 4. The average molecular weight is 390 g/mol. The second kappa shape index (κ2) is 7.39. The van der Waals surface area contributed by atoms with E-state index in [1.54, 1.807) is 9.80 Å². The van der Waals surface area contributed by atoms with Crippen LogP contribution in [0.3, 0.4) is 0 Å². The Kier molecular flexibility index (Phi) is 5.05. The molecule has 1 fully saturated rings. The standard InChI is InChI=1S/C16H16BrN5O2/c17-13-1-3-14(4-2-13)20-16-18-9-12(10-19-16)15(24)22-7-5-21(11-23)6-8-22/h1-4,9-11H,5-8H2,(H,18,19,20). The van der Waals surface area contributed by atoms with Crippen LogP contribution in [0.15, 0.2) is 41.1 Å². The first kappa shape index (κ1) is 16.4. The number of piperazine rings is 1. The van der Waals surface area contributed by atoms with Gasteiger partial charge in [-0.3, -0.25) is 9.59 Å². The summed E-state index contributed by atoms with van der Waals surface area (Å²) in [5.41, 5.74) is 1.30. The molecule has 1 aliphatic rings. The second-order valence-corrected chi connectivity index (χ2v) is 6.28. The molecule has 0 unspecified atom stereocenters. The molecule has 1 N–H and O–H groups in total. The Hall–Kier alpha value is -2.48. The van der Waals surface area contributed by atoms with Crippen LogP contribution in [0.5, 0.6) is 0 Å². The van der Waals surface area contributed by atoms with E-state index in [1.807, 2.05) is 24.3 Å². The van der Waals surface area contributed by atoms with Gasteiger partial charge < -0.3 is 15.1 Å². The first-order valence-corrected chi connectivity index (χ1v) is 8.28. The maximum atomic E-state index is 12.4. The number of halogens is 1. The molecule has 0 saturated carbocycles. The van der Waals surface area contributed by atoms with Crippen molar-refractivity contribution in [2.24, 2.45) is 0 Å². The van der Waals surface area contributed by atoms with Crippen LogP contribution in [0.1, 0.15) is 10.4 Å². The minimum atomic E-state index is -0.115. The maximum absolute atomic E-state index is 12.4. The number of aromatic nitrogens is 2. The zero-order chi connectivity index (χ0) is 16.9. The summed E-state index contributed by atoms with van der Waals surface area (Å²) in [6.45, 7) is 2.16. The Morgan fingerprint density at radius 1 is 1.08 bits per heavy atom. The molecule has 8 heteroatoms. The minimum Gasteiger partial charge on any atom is -0.342 e. The lowest BCUT2D eigenvalue weighted by Crippen LogP contribution is -2.48. The van der Waals surface area contributed by atoms with Crippen molar-refractivity contribution < 1.29 is 9.59 Å². The molecular formula is C16H16BrN5O2. The van der Waals surface area contributed by atoms with E-state index in [0.717, 1.165) is 16.6 Å². The Bertz CT molecular complexity index is 712. The van der Waals surface area contributed by atoms with Crippen LogP contribution < -0.4 is 5.32 Å². The number of hydrogen-bond donors (Lipinski definition) is 1. The van der Waals surface area contributed by atoms with Crippen molar-refractivity contribution in [1.29, 1.82) is 0 Å². The monoisotopic (exact) mass is 389 g/mol. The lowest BCUT2D eigenvalue weighted by Gasteiger charge is -2.32. The molecule has 7 nitrogen and oxygen atoms in total. The van der Waals surface area contributed by atoms with Gasteiger partial charge in [-0.2, -0.15) is 0 Å². The lowest BCUT2D eigenvalue weighted by atomic mass is 10.2. The largest absolute Gasteiger partial charge is 0.342 e. The van der Waals surface area contributed by atoms with Crippen LogP contribution in [0.4, 0.5) is 11.6 Å². The first-order chi connectivity index (χ1) is 11.7. The van der Waals surface area contributed by atoms with Gasteiger partial charge >= 0.3 is 0 Å². The second-order valence-electron chi connectivity index (χ2n) is 5.36. The van der Waals surface area contributed by atoms with Gasteiger partial charge in [0.1, 0.15) is 0 Å². The summed E-state index contributed by atoms with van der Waals surface area (Å²) >= 11 is 3.38. The van der Waals surface area contributed by atoms with E-state index in [9.17, 15) is 9.59 Å². The number of benzene rings is 1. The molecule has 0 spiro atoms. The highest BCUT2D eigenvalue weighted by Gasteiger charge is 2.21. The summed E-state index contributed by atoms with van der Waals surface area (Å²) < 4.78 is 0.990. The molecule has 1 aliphatic heterocycles. The zero-order valence-electron chi connectivity index (χ0n) is 12.9. The average Bonchev–Trinajstić information content (AvgIpc) is 2.64. The molecule has 1 saturated heterocycles. The van der Waals surface area contributed by atoms with E-state index in [2.05, 4.69) is 31.2 Å². The van der Waals surface area contributed by atoms with E-state index >= 15 is 0 Å². The number of hydrogen-bond acceptors (Lipinski definition) is 5. The topological polar surface area (TPSA) is 78.4 Å². The van der Waals surface area contributed by atoms with E-state index in [4.69, 9.17) is 0 Å². The van der Waals surface area contributed by atoms with Crippen LogP contribution >= 0.6 is 15.9 Å². The molecule has 124 valence electrons. The van der Waals surface area contributed by atoms with Gasteiger partial charge in [-0.1, -0.05) is 15.9 Å². The normalized spacial score (nSPS) is 14.4. The molecule has 0 radical (unpaired) electrons. The van der Waals surface area contributed by atoms with Gasteiger partial charge in [0.25, 0.3) is 5.91 Å². The predicted molar refractivity (Wildman–Crippen MR) is 93.0 cm³/mol. The first-order valence-electron chi connectivity index (χ1n) is 7.49. The summed E-state index contributed by atoms with van der Waals surface area (Å²) in [6.07, 6.45) is 3.85. The molecule has 0 aliphatic carbocycles. The zero-order valence-corrected chi connectivity index (χ0v) is 14.4. The Morgan fingerprint density at radius 2 is 1.71 bits per heavy atom. The van der Waals surface area contributed by atoms with Crippen LogP contribution in [-0.4, -0.2) is 58.3 Å². The van der Waals surface area contributed by atoms with Crippen molar-refractivity contribution in [3.8, 4) is 0 Å². The SMILES string of the molecule is O=CN1CCN(C(=O)c2cnc(Nc3ccc(Br)cc3)nc2)CC1. The fourth-order valence-corrected chi connectivity index (χ4v) is 2.64. The molecule has 2 aromatic rings. The molecule has 1 aromatic heterocycles. The van der Waals surface area contributed by atoms with Crippen LogP contribution in [0.2, 0.25) is 0 Å². The van der Waals surface area contributed by atoms with Gasteiger partial charge in [0.2, 0.25) is 12.4 Å². The summed E-state index contributed by atoms with van der Waals surface area (Å²) in [5, 5.41) is 3.08. The third-order valence-electron chi connectivity index (χ3n) is 3.75. The molecule has 24 heavy (non-hydrogen) atoms. The Balaban J connectivity index is 1.62. The molecule has 0 atom stereocenters. The fourth-order valence-electron chi connectivity index (χ4n) is 2.38. The molecule has 0 bridgehead atoms. The van der Waals surface area contributed by atoms with Crippen molar-refractivity contribution in [3.63, 3.8) is 0 Å². The summed E-state index contributed by atoms with van der Waals surface area (Å²) in [5.74, 6) is 0.315. The highest BCUT2D eigenvalue weighted by atomic mass is 79.9. The molecular weight excluding hydrogens is 374 g/mol. The molecule has 2 heterocycles. The molecule has 2 amide bonds. The molecule has 3 rings (SSSR count).